The SMILES string of the molecule is NC[C@@H](C(=O)Nc1ccc(N2CCOCC2=O)cc1F)N(CC1CC1)C1CCC1. The number of carbonyl (C=O) groups excluding carboxylic acids is 2. The van der Waals surface area contributed by atoms with Crippen molar-refractivity contribution in [1.82, 2.24) is 4.90 Å². The predicted molar refractivity (Wildman–Crippen MR) is 108 cm³/mol. The molecule has 3 aliphatic rings. The molecule has 8 heteroatoms. The van der Waals surface area contributed by atoms with Crippen LogP contribution in [0.3, 0.4) is 0 Å². The summed E-state index contributed by atoms with van der Waals surface area (Å²) in [5.41, 5.74) is 6.54. The zero-order chi connectivity index (χ0) is 20.4. The number of hydrogen-bond acceptors (Lipinski definition) is 5. The summed E-state index contributed by atoms with van der Waals surface area (Å²) in [5.74, 6) is -0.385. The number of halogens is 1. The summed E-state index contributed by atoms with van der Waals surface area (Å²) in [4.78, 5) is 28.6. The first-order chi connectivity index (χ1) is 14.1. The molecule has 2 aliphatic carbocycles. The van der Waals surface area contributed by atoms with Gasteiger partial charge in [0.05, 0.1) is 12.3 Å². The van der Waals surface area contributed by atoms with E-state index in [0.717, 1.165) is 19.4 Å². The monoisotopic (exact) mass is 404 g/mol. The Kier molecular flexibility index (Phi) is 6.12. The third-order valence-electron chi connectivity index (χ3n) is 6.14. The van der Waals surface area contributed by atoms with Crippen molar-refractivity contribution >= 4 is 23.2 Å². The summed E-state index contributed by atoms with van der Waals surface area (Å²) >= 11 is 0. The standard InChI is InChI=1S/C21H29FN4O3/c22-17-10-16(25-8-9-29-13-20(25)27)6-7-18(17)24-21(28)19(11-23)26(12-14-4-5-14)15-2-1-3-15/h6-7,10,14-15,19H,1-5,8-9,11-13,23H2,(H,24,28)/t19-/m0/s1. The quantitative estimate of drug-likeness (QED) is 0.689. The first kappa shape index (κ1) is 20.3. The van der Waals surface area contributed by atoms with Gasteiger partial charge >= 0.3 is 0 Å². The molecule has 3 fully saturated rings. The van der Waals surface area contributed by atoms with E-state index in [1.54, 1.807) is 6.07 Å². The second-order valence-electron chi connectivity index (χ2n) is 8.23. The van der Waals surface area contributed by atoms with Gasteiger partial charge in [-0.1, -0.05) is 6.42 Å². The molecule has 1 heterocycles. The lowest BCUT2D eigenvalue weighted by molar-refractivity contribution is -0.125. The molecule has 0 radical (unpaired) electrons. The first-order valence-corrected chi connectivity index (χ1v) is 10.5. The normalized spacial score (nSPS) is 21.2. The molecule has 0 bridgehead atoms. The molecule has 4 rings (SSSR count). The van der Waals surface area contributed by atoms with Crippen LogP contribution in [0.4, 0.5) is 15.8 Å². The van der Waals surface area contributed by atoms with Crippen molar-refractivity contribution in [2.45, 2.75) is 44.2 Å². The number of carbonyl (C=O) groups is 2. The van der Waals surface area contributed by atoms with Crippen LogP contribution in [-0.4, -0.2) is 61.6 Å². The highest BCUT2D eigenvalue weighted by molar-refractivity contribution is 5.97. The van der Waals surface area contributed by atoms with E-state index in [1.165, 1.54) is 36.3 Å². The van der Waals surface area contributed by atoms with Crippen molar-refractivity contribution in [3.05, 3.63) is 24.0 Å². The second kappa shape index (κ2) is 8.77. The molecule has 158 valence electrons. The largest absolute Gasteiger partial charge is 0.370 e. The molecule has 1 aromatic rings. The fourth-order valence-corrected chi connectivity index (χ4v) is 4.02. The lowest BCUT2D eigenvalue weighted by Gasteiger charge is -2.41. The van der Waals surface area contributed by atoms with E-state index >= 15 is 0 Å². The van der Waals surface area contributed by atoms with Gasteiger partial charge in [-0.2, -0.15) is 0 Å². The van der Waals surface area contributed by atoms with E-state index in [0.29, 0.717) is 30.8 Å². The number of rotatable bonds is 8. The van der Waals surface area contributed by atoms with Crippen LogP contribution in [0.25, 0.3) is 0 Å². The van der Waals surface area contributed by atoms with Gasteiger partial charge in [-0.15, -0.1) is 0 Å². The fraction of sp³-hybridized carbons (Fsp3) is 0.619. The summed E-state index contributed by atoms with van der Waals surface area (Å²) in [7, 11) is 0. The Bertz CT molecular complexity index is 766. The van der Waals surface area contributed by atoms with Crippen LogP contribution >= 0.6 is 0 Å². The minimum atomic E-state index is -0.566. The van der Waals surface area contributed by atoms with E-state index in [-0.39, 0.29) is 30.7 Å². The Morgan fingerprint density at radius 1 is 1.34 bits per heavy atom. The van der Waals surface area contributed by atoms with Gasteiger partial charge in [-0.05, 0) is 49.8 Å². The van der Waals surface area contributed by atoms with Crippen molar-refractivity contribution in [3.63, 3.8) is 0 Å². The number of amides is 2. The van der Waals surface area contributed by atoms with Crippen LogP contribution in [0, 0.1) is 11.7 Å². The molecule has 3 N–H and O–H groups in total. The number of ether oxygens (including phenoxy) is 1. The number of hydrogen-bond donors (Lipinski definition) is 2. The fourth-order valence-electron chi connectivity index (χ4n) is 4.02. The minimum Gasteiger partial charge on any atom is -0.370 e. The van der Waals surface area contributed by atoms with E-state index in [9.17, 15) is 14.0 Å². The highest BCUT2D eigenvalue weighted by atomic mass is 19.1. The van der Waals surface area contributed by atoms with Crippen molar-refractivity contribution < 1.29 is 18.7 Å². The minimum absolute atomic E-state index is 0.00369. The van der Waals surface area contributed by atoms with Crippen LogP contribution in [0.1, 0.15) is 32.1 Å². The van der Waals surface area contributed by atoms with Gasteiger partial charge < -0.3 is 20.7 Å². The average Bonchev–Trinajstić information content (AvgIpc) is 3.47. The number of anilines is 2. The highest BCUT2D eigenvalue weighted by Gasteiger charge is 2.37. The Morgan fingerprint density at radius 2 is 2.14 bits per heavy atom. The Hall–Kier alpha value is -2.03. The molecule has 2 saturated carbocycles. The van der Waals surface area contributed by atoms with Crippen molar-refractivity contribution in [2.75, 3.05) is 43.1 Å². The molecule has 2 amide bonds. The van der Waals surface area contributed by atoms with Crippen LogP contribution in [-0.2, 0) is 14.3 Å². The van der Waals surface area contributed by atoms with Crippen LogP contribution in [0.2, 0.25) is 0 Å². The van der Waals surface area contributed by atoms with Crippen molar-refractivity contribution in [2.24, 2.45) is 11.7 Å². The molecule has 1 saturated heterocycles. The molecule has 1 aromatic carbocycles. The Labute approximate surface area is 170 Å². The average molecular weight is 404 g/mol. The number of morpholine rings is 1. The molecule has 29 heavy (non-hydrogen) atoms. The summed E-state index contributed by atoms with van der Waals surface area (Å²) in [6, 6.07) is 4.38. The van der Waals surface area contributed by atoms with Crippen LogP contribution in [0.15, 0.2) is 18.2 Å². The molecule has 1 aliphatic heterocycles. The van der Waals surface area contributed by atoms with Crippen molar-refractivity contribution in [1.29, 1.82) is 0 Å². The van der Waals surface area contributed by atoms with Gasteiger partial charge in [-0.25, -0.2) is 4.39 Å². The number of nitrogens with one attached hydrogen (secondary N) is 1. The Balaban J connectivity index is 1.45. The third-order valence-corrected chi connectivity index (χ3v) is 6.14. The van der Waals surface area contributed by atoms with E-state index in [1.807, 2.05) is 0 Å². The lowest BCUT2D eigenvalue weighted by atomic mass is 9.89. The highest BCUT2D eigenvalue weighted by Crippen LogP contribution is 2.35. The van der Waals surface area contributed by atoms with Gasteiger partial charge in [-0.3, -0.25) is 14.5 Å². The second-order valence-corrected chi connectivity index (χ2v) is 8.23. The maximum absolute atomic E-state index is 14.7. The van der Waals surface area contributed by atoms with Crippen LogP contribution in [0.5, 0.6) is 0 Å². The maximum atomic E-state index is 14.7. The lowest BCUT2D eigenvalue weighted by Crippen LogP contribution is -2.55. The Morgan fingerprint density at radius 3 is 2.72 bits per heavy atom. The number of benzene rings is 1. The van der Waals surface area contributed by atoms with Gasteiger partial charge in [0.15, 0.2) is 0 Å². The number of nitrogens with zero attached hydrogens (tertiary/aromatic N) is 2. The molecular weight excluding hydrogens is 375 g/mol. The zero-order valence-corrected chi connectivity index (χ0v) is 16.6. The molecule has 1 atom stereocenters. The summed E-state index contributed by atoms with van der Waals surface area (Å²) < 4.78 is 19.8. The number of nitrogens with two attached hydrogens (primary N) is 1. The van der Waals surface area contributed by atoms with E-state index in [4.69, 9.17) is 10.5 Å². The van der Waals surface area contributed by atoms with Gasteiger partial charge in [0.1, 0.15) is 18.5 Å². The van der Waals surface area contributed by atoms with Gasteiger partial charge in [0.2, 0.25) is 5.91 Å². The van der Waals surface area contributed by atoms with Gasteiger partial charge in [0.25, 0.3) is 5.91 Å². The molecular formula is C21H29FN4O3. The zero-order valence-electron chi connectivity index (χ0n) is 16.6. The molecule has 0 aromatic heterocycles. The summed E-state index contributed by atoms with van der Waals surface area (Å²) in [6.45, 7) is 1.90. The van der Waals surface area contributed by atoms with E-state index < -0.39 is 11.9 Å². The molecule has 0 spiro atoms. The molecule has 7 nitrogen and oxygen atoms in total. The summed E-state index contributed by atoms with van der Waals surface area (Å²) in [5, 5.41) is 2.72. The first-order valence-electron chi connectivity index (χ1n) is 10.5. The van der Waals surface area contributed by atoms with Crippen LogP contribution < -0.4 is 16.0 Å². The smallest absolute Gasteiger partial charge is 0.253 e. The molecule has 0 unspecified atom stereocenters. The van der Waals surface area contributed by atoms with Gasteiger partial charge in [0, 0.05) is 31.4 Å². The van der Waals surface area contributed by atoms with Crippen molar-refractivity contribution in [3.8, 4) is 0 Å². The third kappa shape index (κ3) is 4.60. The predicted octanol–water partition coefficient (Wildman–Crippen LogP) is 1.72. The maximum Gasteiger partial charge on any atom is 0.253 e. The van der Waals surface area contributed by atoms with E-state index in [2.05, 4.69) is 10.2 Å². The summed E-state index contributed by atoms with van der Waals surface area (Å²) in [6.07, 6.45) is 5.78. The topological polar surface area (TPSA) is 87.9 Å².